The Hall–Kier alpha value is -1.64. The van der Waals surface area contributed by atoms with E-state index in [4.69, 9.17) is 0 Å². The molecule has 3 rings (SSSR count). The quantitative estimate of drug-likeness (QED) is 0.856. The van der Waals surface area contributed by atoms with Crippen LogP contribution in [0.15, 0.2) is 60.7 Å². The van der Waals surface area contributed by atoms with Crippen molar-refractivity contribution >= 4 is 0 Å². The molecule has 1 aliphatic carbocycles. The number of nitrogens with one attached hydrogen (secondary N) is 1. The van der Waals surface area contributed by atoms with E-state index in [-0.39, 0.29) is 5.41 Å². The highest BCUT2D eigenvalue weighted by Crippen LogP contribution is 2.40. The standard InChI is InChI=1S/C22H30N2/c1-23-21-13-15-22(16-14-21,20-11-7-4-8-12-20)18-24(2)17-19-9-5-3-6-10-19/h3-12,21,23H,13-18H2,1-2H3. The summed E-state index contributed by atoms with van der Waals surface area (Å²) < 4.78 is 0. The molecule has 2 aromatic carbocycles. The van der Waals surface area contributed by atoms with Gasteiger partial charge >= 0.3 is 0 Å². The molecule has 0 aliphatic heterocycles. The second-order valence-electron chi connectivity index (χ2n) is 7.37. The van der Waals surface area contributed by atoms with Crippen LogP contribution in [-0.2, 0) is 12.0 Å². The van der Waals surface area contributed by atoms with Gasteiger partial charge in [-0.1, -0.05) is 60.7 Å². The van der Waals surface area contributed by atoms with E-state index in [1.807, 2.05) is 0 Å². The molecule has 1 fully saturated rings. The first kappa shape index (κ1) is 17.2. The number of hydrogen-bond donors (Lipinski definition) is 1. The van der Waals surface area contributed by atoms with Gasteiger partial charge in [0.2, 0.25) is 0 Å². The molecule has 0 radical (unpaired) electrons. The molecular formula is C22H30N2. The van der Waals surface area contributed by atoms with Gasteiger partial charge in [-0.3, -0.25) is 0 Å². The molecule has 1 saturated carbocycles. The molecule has 0 saturated heterocycles. The molecular weight excluding hydrogens is 292 g/mol. The Morgan fingerprint density at radius 1 is 0.958 bits per heavy atom. The monoisotopic (exact) mass is 322 g/mol. The first-order valence-corrected chi connectivity index (χ1v) is 9.17. The number of benzene rings is 2. The van der Waals surface area contributed by atoms with Crippen molar-refractivity contribution in [2.24, 2.45) is 0 Å². The second-order valence-corrected chi connectivity index (χ2v) is 7.37. The largest absolute Gasteiger partial charge is 0.317 e. The van der Waals surface area contributed by atoms with Gasteiger partial charge < -0.3 is 10.2 Å². The highest BCUT2D eigenvalue weighted by molar-refractivity contribution is 5.27. The summed E-state index contributed by atoms with van der Waals surface area (Å²) in [4.78, 5) is 2.50. The predicted molar refractivity (Wildman–Crippen MR) is 102 cm³/mol. The van der Waals surface area contributed by atoms with Crippen molar-refractivity contribution < 1.29 is 0 Å². The van der Waals surface area contributed by atoms with Crippen LogP contribution >= 0.6 is 0 Å². The number of nitrogens with zero attached hydrogens (tertiary/aromatic N) is 1. The molecule has 2 heteroatoms. The molecule has 0 amide bonds. The maximum atomic E-state index is 3.47. The molecule has 0 spiro atoms. The lowest BCUT2D eigenvalue weighted by molar-refractivity contribution is 0.173. The van der Waals surface area contributed by atoms with E-state index in [2.05, 4.69) is 85.0 Å². The van der Waals surface area contributed by atoms with Gasteiger partial charge in [0.1, 0.15) is 0 Å². The van der Waals surface area contributed by atoms with Crippen molar-refractivity contribution in [3.05, 3.63) is 71.8 Å². The Labute approximate surface area is 146 Å². The molecule has 0 atom stereocenters. The molecule has 128 valence electrons. The Balaban J connectivity index is 1.75. The van der Waals surface area contributed by atoms with Gasteiger partial charge in [0, 0.05) is 24.5 Å². The van der Waals surface area contributed by atoms with Gasteiger partial charge in [0.15, 0.2) is 0 Å². The van der Waals surface area contributed by atoms with Crippen LogP contribution in [0.1, 0.15) is 36.8 Å². The smallest absolute Gasteiger partial charge is 0.0231 e. The second kappa shape index (κ2) is 7.96. The molecule has 2 nitrogen and oxygen atoms in total. The average molecular weight is 322 g/mol. The third-order valence-electron chi connectivity index (χ3n) is 5.61. The van der Waals surface area contributed by atoms with Gasteiger partial charge in [-0.05, 0) is 50.9 Å². The Bertz CT molecular complexity index is 600. The third kappa shape index (κ3) is 4.06. The highest BCUT2D eigenvalue weighted by Gasteiger charge is 2.37. The van der Waals surface area contributed by atoms with Gasteiger partial charge in [-0.25, -0.2) is 0 Å². The Morgan fingerprint density at radius 2 is 1.54 bits per heavy atom. The molecule has 1 N–H and O–H groups in total. The van der Waals surface area contributed by atoms with Crippen LogP contribution in [0, 0.1) is 0 Å². The Morgan fingerprint density at radius 3 is 2.12 bits per heavy atom. The van der Waals surface area contributed by atoms with E-state index in [1.54, 1.807) is 0 Å². The van der Waals surface area contributed by atoms with Crippen molar-refractivity contribution in [2.75, 3.05) is 20.6 Å². The van der Waals surface area contributed by atoms with Crippen LogP contribution < -0.4 is 5.32 Å². The fourth-order valence-electron chi connectivity index (χ4n) is 4.26. The van der Waals surface area contributed by atoms with Crippen molar-refractivity contribution in [3.63, 3.8) is 0 Å². The SMILES string of the molecule is CNC1CCC(CN(C)Cc2ccccc2)(c2ccccc2)CC1. The number of hydrogen-bond acceptors (Lipinski definition) is 2. The lowest BCUT2D eigenvalue weighted by Crippen LogP contribution is -2.45. The minimum absolute atomic E-state index is 0.290. The summed E-state index contributed by atoms with van der Waals surface area (Å²) in [6.45, 7) is 2.15. The molecule has 24 heavy (non-hydrogen) atoms. The fourth-order valence-corrected chi connectivity index (χ4v) is 4.26. The van der Waals surface area contributed by atoms with Crippen LogP contribution in [0.25, 0.3) is 0 Å². The summed E-state index contributed by atoms with van der Waals surface area (Å²) in [7, 11) is 4.36. The molecule has 0 unspecified atom stereocenters. The first-order chi connectivity index (χ1) is 11.7. The molecule has 1 aliphatic rings. The van der Waals surface area contributed by atoms with Crippen LogP contribution in [0.4, 0.5) is 0 Å². The van der Waals surface area contributed by atoms with E-state index in [9.17, 15) is 0 Å². The number of likely N-dealkylation sites (N-methyl/N-ethyl adjacent to an activating group) is 1. The minimum Gasteiger partial charge on any atom is -0.317 e. The van der Waals surface area contributed by atoms with Crippen LogP contribution in [0.5, 0.6) is 0 Å². The topological polar surface area (TPSA) is 15.3 Å². The van der Waals surface area contributed by atoms with E-state index in [0.717, 1.165) is 13.1 Å². The summed E-state index contributed by atoms with van der Waals surface area (Å²) in [6, 6.07) is 22.7. The maximum Gasteiger partial charge on any atom is 0.0231 e. The summed E-state index contributed by atoms with van der Waals surface area (Å²) in [5.41, 5.74) is 3.20. The molecule has 2 aromatic rings. The van der Waals surface area contributed by atoms with Gasteiger partial charge in [0.05, 0.1) is 0 Å². The number of rotatable bonds is 6. The summed E-state index contributed by atoms with van der Waals surface area (Å²) in [5.74, 6) is 0. The zero-order chi connectivity index (χ0) is 16.8. The van der Waals surface area contributed by atoms with Crippen molar-refractivity contribution in [1.29, 1.82) is 0 Å². The van der Waals surface area contributed by atoms with Gasteiger partial charge in [-0.15, -0.1) is 0 Å². The van der Waals surface area contributed by atoms with Crippen LogP contribution in [0.2, 0.25) is 0 Å². The van der Waals surface area contributed by atoms with Crippen molar-refractivity contribution in [2.45, 2.75) is 43.7 Å². The molecule has 0 aromatic heterocycles. The average Bonchev–Trinajstić information content (AvgIpc) is 2.64. The normalized spacial score (nSPS) is 24.2. The third-order valence-corrected chi connectivity index (χ3v) is 5.61. The summed E-state index contributed by atoms with van der Waals surface area (Å²) >= 11 is 0. The lowest BCUT2D eigenvalue weighted by Gasteiger charge is -2.43. The zero-order valence-corrected chi connectivity index (χ0v) is 15.0. The van der Waals surface area contributed by atoms with E-state index >= 15 is 0 Å². The van der Waals surface area contributed by atoms with Gasteiger partial charge in [-0.2, -0.15) is 0 Å². The Kier molecular flexibility index (Phi) is 5.70. The lowest BCUT2D eigenvalue weighted by atomic mass is 9.68. The van der Waals surface area contributed by atoms with E-state index < -0.39 is 0 Å². The summed E-state index contributed by atoms with van der Waals surface area (Å²) in [6.07, 6.45) is 5.07. The van der Waals surface area contributed by atoms with Crippen molar-refractivity contribution in [3.8, 4) is 0 Å². The fraction of sp³-hybridized carbons (Fsp3) is 0.455. The molecule has 0 bridgehead atoms. The summed E-state index contributed by atoms with van der Waals surface area (Å²) in [5, 5.41) is 3.47. The van der Waals surface area contributed by atoms with Crippen molar-refractivity contribution in [1.82, 2.24) is 10.2 Å². The van der Waals surface area contributed by atoms with Crippen LogP contribution in [0.3, 0.4) is 0 Å². The van der Waals surface area contributed by atoms with E-state index in [1.165, 1.54) is 36.8 Å². The van der Waals surface area contributed by atoms with Gasteiger partial charge in [0.25, 0.3) is 0 Å². The molecule has 0 heterocycles. The predicted octanol–water partition coefficient (Wildman–Crippen LogP) is 4.22. The highest BCUT2D eigenvalue weighted by atomic mass is 15.1. The van der Waals surface area contributed by atoms with Crippen LogP contribution in [-0.4, -0.2) is 31.6 Å². The first-order valence-electron chi connectivity index (χ1n) is 9.17. The maximum absolute atomic E-state index is 3.47. The minimum atomic E-state index is 0.290. The van der Waals surface area contributed by atoms with E-state index in [0.29, 0.717) is 6.04 Å². The zero-order valence-electron chi connectivity index (χ0n) is 15.0.